The largest absolute Gasteiger partial charge is 0.493 e. The van der Waals surface area contributed by atoms with Crippen LogP contribution in [0.15, 0.2) is 73.2 Å². The molecule has 2 aromatic heterocycles. The van der Waals surface area contributed by atoms with Gasteiger partial charge in [0.2, 0.25) is 5.91 Å². The number of ether oxygens (including phenoxy) is 1. The maximum absolute atomic E-state index is 11.9. The second kappa shape index (κ2) is 9.17. The van der Waals surface area contributed by atoms with Gasteiger partial charge in [-0.2, -0.15) is 0 Å². The van der Waals surface area contributed by atoms with Crippen LogP contribution in [-0.2, 0) is 11.3 Å². The van der Waals surface area contributed by atoms with Crippen molar-refractivity contribution in [3.63, 3.8) is 0 Å². The number of hydrogen-bond acceptors (Lipinski definition) is 5. The van der Waals surface area contributed by atoms with Gasteiger partial charge in [0.1, 0.15) is 11.6 Å². The summed E-state index contributed by atoms with van der Waals surface area (Å²) in [5.74, 6) is 1.13. The number of carbonyl (C=O) groups excluding carboxylic acids is 1. The summed E-state index contributed by atoms with van der Waals surface area (Å²) >= 11 is 0. The van der Waals surface area contributed by atoms with Crippen molar-refractivity contribution in [1.82, 2.24) is 9.97 Å². The number of nitrogens with one attached hydrogen (secondary N) is 2. The van der Waals surface area contributed by atoms with E-state index in [-0.39, 0.29) is 12.3 Å². The van der Waals surface area contributed by atoms with Crippen LogP contribution >= 0.6 is 0 Å². The van der Waals surface area contributed by atoms with E-state index in [0.29, 0.717) is 19.0 Å². The number of carbonyl (C=O) groups is 1. The van der Waals surface area contributed by atoms with Gasteiger partial charge in [0, 0.05) is 18.9 Å². The summed E-state index contributed by atoms with van der Waals surface area (Å²) in [4.78, 5) is 20.3. The van der Waals surface area contributed by atoms with Crippen LogP contribution < -0.4 is 15.4 Å². The third-order valence-corrected chi connectivity index (χ3v) is 3.59. The van der Waals surface area contributed by atoms with Gasteiger partial charge in [0.15, 0.2) is 0 Å². The van der Waals surface area contributed by atoms with E-state index in [1.807, 2.05) is 54.7 Å². The number of benzene rings is 1. The molecule has 1 aromatic carbocycles. The molecule has 6 nitrogen and oxygen atoms in total. The van der Waals surface area contributed by atoms with Gasteiger partial charge in [0.05, 0.1) is 24.9 Å². The Balaban J connectivity index is 1.41. The zero-order valence-electron chi connectivity index (χ0n) is 14.3. The van der Waals surface area contributed by atoms with E-state index < -0.39 is 0 Å². The number of hydrogen-bond donors (Lipinski definition) is 2. The number of aromatic nitrogens is 2. The Kier molecular flexibility index (Phi) is 6.14. The SMILES string of the molecule is O=C(CCOc1ccccc1)Nc1ccc(NCc2cccnc2)cn1. The lowest BCUT2D eigenvalue weighted by molar-refractivity contribution is -0.116. The zero-order valence-corrected chi connectivity index (χ0v) is 14.3. The third kappa shape index (κ3) is 5.59. The van der Waals surface area contributed by atoms with Crippen LogP contribution in [0.1, 0.15) is 12.0 Å². The molecule has 0 fully saturated rings. The average Bonchev–Trinajstić information content (AvgIpc) is 2.69. The fourth-order valence-corrected chi connectivity index (χ4v) is 2.26. The molecule has 2 N–H and O–H groups in total. The van der Waals surface area contributed by atoms with Crippen LogP contribution in [-0.4, -0.2) is 22.5 Å². The van der Waals surface area contributed by atoms with E-state index in [4.69, 9.17) is 4.74 Å². The molecule has 0 aliphatic rings. The summed E-state index contributed by atoms with van der Waals surface area (Å²) < 4.78 is 5.51. The van der Waals surface area contributed by atoms with E-state index in [0.717, 1.165) is 17.0 Å². The van der Waals surface area contributed by atoms with Gasteiger partial charge in [-0.05, 0) is 35.9 Å². The number of rotatable bonds is 8. The van der Waals surface area contributed by atoms with Gasteiger partial charge in [-0.3, -0.25) is 9.78 Å². The predicted octanol–water partition coefficient (Wildman–Crippen LogP) is 3.50. The van der Waals surface area contributed by atoms with Gasteiger partial charge in [-0.25, -0.2) is 4.98 Å². The standard InChI is InChI=1S/C20H20N4O2/c25-20(10-12-26-18-6-2-1-3-7-18)24-19-9-8-17(15-23-19)22-14-16-5-4-11-21-13-16/h1-9,11,13,15,22H,10,12,14H2,(H,23,24,25). The predicted molar refractivity (Wildman–Crippen MR) is 101 cm³/mol. The lowest BCUT2D eigenvalue weighted by Gasteiger charge is -2.08. The molecule has 0 spiro atoms. The molecule has 0 bridgehead atoms. The monoisotopic (exact) mass is 348 g/mol. The molecule has 6 heteroatoms. The molecule has 0 atom stereocenters. The van der Waals surface area contributed by atoms with Crippen LogP contribution in [0.25, 0.3) is 0 Å². The molecule has 0 saturated carbocycles. The number of nitrogens with zero attached hydrogens (tertiary/aromatic N) is 2. The minimum Gasteiger partial charge on any atom is -0.493 e. The molecule has 3 aromatic rings. The molecular weight excluding hydrogens is 328 g/mol. The van der Waals surface area contributed by atoms with Crippen molar-refractivity contribution in [1.29, 1.82) is 0 Å². The highest BCUT2D eigenvalue weighted by Crippen LogP contribution is 2.12. The van der Waals surface area contributed by atoms with E-state index in [1.165, 1.54) is 0 Å². The van der Waals surface area contributed by atoms with Gasteiger partial charge in [-0.15, -0.1) is 0 Å². The first kappa shape index (κ1) is 17.4. The van der Waals surface area contributed by atoms with E-state index in [2.05, 4.69) is 20.6 Å². The summed E-state index contributed by atoms with van der Waals surface area (Å²) in [5, 5.41) is 6.02. The molecular formula is C20H20N4O2. The lowest BCUT2D eigenvalue weighted by atomic mass is 10.3. The van der Waals surface area contributed by atoms with Crippen molar-refractivity contribution in [2.45, 2.75) is 13.0 Å². The lowest BCUT2D eigenvalue weighted by Crippen LogP contribution is -2.16. The van der Waals surface area contributed by atoms with Crippen molar-refractivity contribution >= 4 is 17.4 Å². The molecule has 0 aliphatic carbocycles. The molecule has 3 rings (SSSR count). The maximum atomic E-state index is 11.9. The fraction of sp³-hybridized carbons (Fsp3) is 0.150. The average molecular weight is 348 g/mol. The molecule has 2 heterocycles. The molecule has 0 saturated heterocycles. The smallest absolute Gasteiger partial charge is 0.228 e. The molecule has 1 amide bonds. The van der Waals surface area contributed by atoms with Crippen molar-refractivity contribution < 1.29 is 9.53 Å². The van der Waals surface area contributed by atoms with Crippen molar-refractivity contribution in [2.75, 3.05) is 17.2 Å². The summed E-state index contributed by atoms with van der Waals surface area (Å²) in [5.41, 5.74) is 1.96. The van der Waals surface area contributed by atoms with Gasteiger partial charge >= 0.3 is 0 Å². The van der Waals surface area contributed by atoms with Crippen LogP contribution in [0.3, 0.4) is 0 Å². The Morgan fingerprint density at radius 3 is 2.62 bits per heavy atom. The van der Waals surface area contributed by atoms with Crippen molar-refractivity contribution in [3.05, 3.63) is 78.8 Å². The topological polar surface area (TPSA) is 76.1 Å². The van der Waals surface area contributed by atoms with Crippen molar-refractivity contribution in [2.24, 2.45) is 0 Å². The van der Waals surface area contributed by atoms with Gasteiger partial charge in [0.25, 0.3) is 0 Å². The highest BCUT2D eigenvalue weighted by atomic mass is 16.5. The Bertz CT molecular complexity index is 808. The Morgan fingerprint density at radius 2 is 1.88 bits per heavy atom. The fourth-order valence-electron chi connectivity index (χ4n) is 2.26. The van der Waals surface area contributed by atoms with Gasteiger partial charge < -0.3 is 15.4 Å². The summed E-state index contributed by atoms with van der Waals surface area (Å²) in [7, 11) is 0. The van der Waals surface area contributed by atoms with E-state index in [1.54, 1.807) is 18.5 Å². The van der Waals surface area contributed by atoms with Gasteiger partial charge in [-0.1, -0.05) is 24.3 Å². The second-order valence-electron chi connectivity index (χ2n) is 5.61. The second-order valence-corrected chi connectivity index (χ2v) is 5.61. The minimum absolute atomic E-state index is 0.135. The molecule has 0 aliphatic heterocycles. The Hall–Kier alpha value is -3.41. The summed E-state index contributed by atoms with van der Waals surface area (Å²) in [6, 6.07) is 17.0. The molecule has 0 radical (unpaired) electrons. The summed E-state index contributed by atoms with van der Waals surface area (Å²) in [6.45, 7) is 0.985. The number of anilines is 2. The highest BCUT2D eigenvalue weighted by molar-refractivity contribution is 5.89. The number of pyridine rings is 2. The van der Waals surface area contributed by atoms with Crippen LogP contribution in [0, 0.1) is 0 Å². The normalized spacial score (nSPS) is 10.2. The summed E-state index contributed by atoms with van der Waals surface area (Å²) in [6.07, 6.45) is 5.50. The molecule has 132 valence electrons. The van der Waals surface area contributed by atoms with E-state index >= 15 is 0 Å². The quantitative estimate of drug-likeness (QED) is 0.652. The number of para-hydroxylation sites is 1. The molecule has 26 heavy (non-hydrogen) atoms. The Labute approximate surface area is 152 Å². The van der Waals surface area contributed by atoms with Crippen LogP contribution in [0.5, 0.6) is 5.75 Å². The van der Waals surface area contributed by atoms with E-state index in [9.17, 15) is 4.79 Å². The third-order valence-electron chi connectivity index (χ3n) is 3.59. The zero-order chi connectivity index (χ0) is 18.0. The maximum Gasteiger partial charge on any atom is 0.228 e. The number of amides is 1. The first-order valence-corrected chi connectivity index (χ1v) is 8.36. The highest BCUT2D eigenvalue weighted by Gasteiger charge is 2.04. The van der Waals surface area contributed by atoms with Crippen LogP contribution in [0.4, 0.5) is 11.5 Å². The first-order chi connectivity index (χ1) is 12.8. The Morgan fingerprint density at radius 1 is 1.00 bits per heavy atom. The first-order valence-electron chi connectivity index (χ1n) is 8.36. The van der Waals surface area contributed by atoms with Crippen molar-refractivity contribution in [3.8, 4) is 5.75 Å². The minimum atomic E-state index is -0.135. The van der Waals surface area contributed by atoms with Crippen LogP contribution in [0.2, 0.25) is 0 Å². The molecule has 0 unspecified atom stereocenters.